The molecule has 0 aliphatic carbocycles. The molecule has 0 radical (unpaired) electrons. The number of hydrogen-bond acceptors (Lipinski definition) is 1. The fraction of sp³-hybridized carbons (Fsp3) is 0.478. The molecule has 2 aromatic carbocycles. The second-order valence-electron chi connectivity index (χ2n) is 9.15. The molecule has 1 N–H and O–H groups in total. The van der Waals surface area contributed by atoms with Gasteiger partial charge < -0.3 is 5.11 Å². The molecule has 0 saturated heterocycles. The lowest BCUT2D eigenvalue weighted by molar-refractivity contribution is 0.423. The van der Waals surface area contributed by atoms with Crippen LogP contribution in [0.5, 0.6) is 5.75 Å². The number of phenols is 1. The van der Waals surface area contributed by atoms with Crippen molar-refractivity contribution in [1.82, 2.24) is 0 Å². The molecule has 1 heteroatoms. The van der Waals surface area contributed by atoms with Crippen LogP contribution in [0.2, 0.25) is 0 Å². The fourth-order valence-electron chi connectivity index (χ4n) is 3.15. The molecule has 1 nitrogen and oxygen atoms in total. The minimum atomic E-state index is -0.0816. The van der Waals surface area contributed by atoms with Gasteiger partial charge in [0.2, 0.25) is 0 Å². The first-order valence-corrected chi connectivity index (χ1v) is 8.82. The maximum atomic E-state index is 10.8. The molecule has 0 spiro atoms. The Kier molecular flexibility index (Phi) is 4.86. The normalized spacial score (nSPS) is 12.5. The van der Waals surface area contributed by atoms with Crippen molar-refractivity contribution < 1.29 is 5.11 Å². The molecule has 0 fully saturated rings. The minimum absolute atomic E-state index is 0.0816. The van der Waals surface area contributed by atoms with Gasteiger partial charge in [0, 0.05) is 0 Å². The minimum Gasteiger partial charge on any atom is -0.507 e. The van der Waals surface area contributed by atoms with Crippen LogP contribution in [0.15, 0.2) is 30.3 Å². The smallest absolute Gasteiger partial charge is 0.123 e. The van der Waals surface area contributed by atoms with Gasteiger partial charge in [0.1, 0.15) is 5.75 Å². The first kappa shape index (κ1) is 18.6. The summed E-state index contributed by atoms with van der Waals surface area (Å²) in [6.45, 7) is 17.3. The molecule has 0 heterocycles. The zero-order chi connectivity index (χ0) is 18.3. The van der Waals surface area contributed by atoms with E-state index < -0.39 is 0 Å². The average Bonchev–Trinajstić information content (AvgIpc) is 2.42. The van der Waals surface area contributed by atoms with Crippen molar-refractivity contribution in [3.05, 3.63) is 63.7 Å². The highest BCUT2D eigenvalue weighted by atomic mass is 16.3. The van der Waals surface area contributed by atoms with Gasteiger partial charge in [-0.15, -0.1) is 0 Å². The molecule has 0 aliphatic heterocycles. The molecule has 0 amide bonds. The van der Waals surface area contributed by atoms with Crippen molar-refractivity contribution in [3.63, 3.8) is 0 Å². The van der Waals surface area contributed by atoms with Crippen molar-refractivity contribution in [3.8, 4) is 5.75 Å². The van der Waals surface area contributed by atoms with E-state index in [2.05, 4.69) is 85.7 Å². The van der Waals surface area contributed by atoms with Gasteiger partial charge in [0.25, 0.3) is 0 Å². The average molecular weight is 325 g/mol. The van der Waals surface area contributed by atoms with Gasteiger partial charge >= 0.3 is 0 Å². The standard InChI is InChI=1S/C23H32O/c1-15-9-10-16(2)18(11-15)12-17-13-19(22(3,4)5)21(24)20(14-17)23(6,7)8/h9-11,13-14,24H,12H2,1-8H3. The van der Waals surface area contributed by atoms with Crippen molar-refractivity contribution in [2.75, 3.05) is 0 Å². The van der Waals surface area contributed by atoms with E-state index in [-0.39, 0.29) is 10.8 Å². The molecule has 2 aromatic rings. The number of aromatic hydroxyl groups is 1. The summed E-state index contributed by atoms with van der Waals surface area (Å²) >= 11 is 0. The highest BCUT2D eigenvalue weighted by Gasteiger charge is 2.26. The molecule has 0 saturated carbocycles. The van der Waals surface area contributed by atoms with E-state index in [1.54, 1.807) is 0 Å². The van der Waals surface area contributed by atoms with Crippen LogP contribution >= 0.6 is 0 Å². The van der Waals surface area contributed by atoms with Gasteiger partial charge in [-0.3, -0.25) is 0 Å². The van der Waals surface area contributed by atoms with E-state index in [1.165, 1.54) is 22.3 Å². The Morgan fingerprint density at radius 3 is 1.75 bits per heavy atom. The topological polar surface area (TPSA) is 20.2 Å². The van der Waals surface area contributed by atoms with Crippen LogP contribution in [0.25, 0.3) is 0 Å². The molecule has 0 atom stereocenters. The zero-order valence-electron chi connectivity index (χ0n) is 16.5. The van der Waals surface area contributed by atoms with E-state index >= 15 is 0 Å². The molecule has 2 rings (SSSR count). The second-order valence-corrected chi connectivity index (χ2v) is 9.15. The highest BCUT2D eigenvalue weighted by Crippen LogP contribution is 2.40. The van der Waals surface area contributed by atoms with Crippen molar-refractivity contribution in [1.29, 1.82) is 0 Å². The van der Waals surface area contributed by atoms with E-state index in [0.717, 1.165) is 17.5 Å². The third-order valence-corrected chi connectivity index (χ3v) is 4.68. The number of hydrogen-bond donors (Lipinski definition) is 1. The SMILES string of the molecule is Cc1ccc(C)c(Cc2cc(C(C)(C)C)c(O)c(C(C)(C)C)c2)c1. The molecular weight excluding hydrogens is 292 g/mol. The van der Waals surface area contributed by atoms with E-state index in [9.17, 15) is 5.11 Å². The zero-order valence-corrected chi connectivity index (χ0v) is 16.5. The molecule has 0 unspecified atom stereocenters. The molecule has 130 valence electrons. The number of rotatable bonds is 2. The highest BCUT2D eigenvalue weighted by molar-refractivity contribution is 5.51. The summed E-state index contributed by atoms with van der Waals surface area (Å²) in [7, 11) is 0. The Morgan fingerprint density at radius 1 is 0.792 bits per heavy atom. The van der Waals surface area contributed by atoms with Crippen LogP contribution in [-0.2, 0) is 17.3 Å². The van der Waals surface area contributed by atoms with Crippen LogP contribution in [-0.4, -0.2) is 5.11 Å². The molecule has 0 aliphatic rings. The van der Waals surface area contributed by atoms with Crippen molar-refractivity contribution >= 4 is 0 Å². The monoisotopic (exact) mass is 324 g/mol. The molecule has 0 aromatic heterocycles. The molecule has 0 bridgehead atoms. The maximum Gasteiger partial charge on any atom is 0.123 e. The predicted octanol–water partition coefficient (Wildman–Crippen LogP) is 6.19. The summed E-state index contributed by atoms with van der Waals surface area (Å²) in [4.78, 5) is 0. The lowest BCUT2D eigenvalue weighted by Gasteiger charge is -2.28. The first-order chi connectivity index (χ1) is 10.9. The number of aryl methyl sites for hydroxylation is 2. The van der Waals surface area contributed by atoms with Gasteiger partial charge in [-0.1, -0.05) is 77.4 Å². The summed E-state index contributed by atoms with van der Waals surface area (Å²) in [5, 5.41) is 10.8. The predicted molar refractivity (Wildman–Crippen MR) is 104 cm³/mol. The van der Waals surface area contributed by atoms with Crippen LogP contribution in [0.1, 0.15) is 74.9 Å². The van der Waals surface area contributed by atoms with Crippen LogP contribution in [0.4, 0.5) is 0 Å². The Hall–Kier alpha value is -1.76. The van der Waals surface area contributed by atoms with Crippen LogP contribution < -0.4 is 0 Å². The first-order valence-electron chi connectivity index (χ1n) is 8.82. The third kappa shape index (κ3) is 4.01. The molecule has 24 heavy (non-hydrogen) atoms. The Balaban J connectivity index is 2.60. The van der Waals surface area contributed by atoms with Gasteiger partial charge in [-0.2, -0.15) is 0 Å². The third-order valence-electron chi connectivity index (χ3n) is 4.68. The lowest BCUT2D eigenvalue weighted by Crippen LogP contribution is -2.18. The van der Waals surface area contributed by atoms with E-state index in [0.29, 0.717) is 5.75 Å². The summed E-state index contributed by atoms with van der Waals surface area (Å²) in [6, 6.07) is 11.0. The summed E-state index contributed by atoms with van der Waals surface area (Å²) < 4.78 is 0. The number of phenolic OH excluding ortho intramolecular Hbond substituents is 1. The maximum absolute atomic E-state index is 10.8. The van der Waals surface area contributed by atoms with Crippen molar-refractivity contribution in [2.24, 2.45) is 0 Å². The van der Waals surface area contributed by atoms with Crippen molar-refractivity contribution in [2.45, 2.75) is 72.6 Å². The quantitative estimate of drug-likeness (QED) is 0.698. The number of benzene rings is 2. The van der Waals surface area contributed by atoms with E-state index in [4.69, 9.17) is 0 Å². The van der Waals surface area contributed by atoms with Gasteiger partial charge in [-0.25, -0.2) is 0 Å². The second kappa shape index (κ2) is 6.27. The fourth-order valence-corrected chi connectivity index (χ4v) is 3.15. The Labute approximate surface area is 147 Å². The lowest BCUT2D eigenvalue weighted by atomic mass is 9.78. The van der Waals surface area contributed by atoms with Crippen LogP contribution in [0, 0.1) is 13.8 Å². The van der Waals surface area contributed by atoms with E-state index in [1.807, 2.05) is 0 Å². The Morgan fingerprint density at radius 2 is 1.29 bits per heavy atom. The summed E-state index contributed by atoms with van der Waals surface area (Å²) in [6.07, 6.45) is 0.903. The molecular formula is C23H32O. The van der Waals surface area contributed by atoms with Gasteiger partial charge in [0.05, 0.1) is 0 Å². The summed E-state index contributed by atoms with van der Waals surface area (Å²) in [5.41, 5.74) is 7.16. The largest absolute Gasteiger partial charge is 0.507 e. The summed E-state index contributed by atoms with van der Waals surface area (Å²) in [5.74, 6) is 0.458. The Bertz CT molecular complexity index is 705. The van der Waals surface area contributed by atoms with Gasteiger partial charge in [0.15, 0.2) is 0 Å². The van der Waals surface area contributed by atoms with Gasteiger partial charge in [-0.05, 0) is 58.9 Å². The van der Waals surface area contributed by atoms with Crippen LogP contribution in [0.3, 0.4) is 0 Å².